The maximum Gasteiger partial charge on any atom is 0.324 e. The number of anilines is 2. The quantitative estimate of drug-likeness (QED) is 0.666. The van der Waals surface area contributed by atoms with Gasteiger partial charge in [-0.25, -0.2) is 9.78 Å². The van der Waals surface area contributed by atoms with Crippen LogP contribution in [-0.4, -0.2) is 16.0 Å². The van der Waals surface area contributed by atoms with Crippen LogP contribution in [0.5, 0.6) is 0 Å². The van der Waals surface area contributed by atoms with Crippen LogP contribution in [0.25, 0.3) is 0 Å². The number of aromatic nitrogens is 2. The second-order valence-corrected chi connectivity index (χ2v) is 7.07. The van der Waals surface area contributed by atoms with Gasteiger partial charge in [-0.1, -0.05) is 6.07 Å². The standard InChI is InChI=1S/C18H18N4OS/c1-11-4-17(24-9-11)22-18(23)21-15-3-2-12-5-14(6-13(12)7-15)16-8-19-10-20-16/h2-4,7-10,14H,5-6H2,1H3,(H,19,20)(H2,21,22,23). The highest BCUT2D eigenvalue weighted by Gasteiger charge is 2.24. The fourth-order valence-corrected chi connectivity index (χ4v) is 3.96. The van der Waals surface area contributed by atoms with E-state index in [4.69, 9.17) is 0 Å². The maximum absolute atomic E-state index is 12.1. The van der Waals surface area contributed by atoms with Crippen LogP contribution in [0.3, 0.4) is 0 Å². The average molecular weight is 338 g/mol. The van der Waals surface area contributed by atoms with Crippen LogP contribution in [0.1, 0.15) is 28.3 Å². The lowest BCUT2D eigenvalue weighted by Crippen LogP contribution is -2.18. The smallest absolute Gasteiger partial charge is 0.324 e. The molecule has 5 nitrogen and oxygen atoms in total. The fourth-order valence-electron chi connectivity index (χ4n) is 3.18. The van der Waals surface area contributed by atoms with E-state index in [1.165, 1.54) is 28.2 Å². The number of hydrogen-bond acceptors (Lipinski definition) is 3. The van der Waals surface area contributed by atoms with Crippen molar-refractivity contribution in [2.45, 2.75) is 25.7 Å². The van der Waals surface area contributed by atoms with Gasteiger partial charge in [-0.3, -0.25) is 5.32 Å². The van der Waals surface area contributed by atoms with Crippen LogP contribution in [-0.2, 0) is 12.8 Å². The summed E-state index contributed by atoms with van der Waals surface area (Å²) in [7, 11) is 0. The lowest BCUT2D eigenvalue weighted by Gasteiger charge is -2.08. The van der Waals surface area contributed by atoms with Gasteiger partial charge in [0.15, 0.2) is 0 Å². The molecule has 0 bridgehead atoms. The molecule has 122 valence electrons. The molecule has 0 saturated heterocycles. The van der Waals surface area contributed by atoms with Crippen molar-refractivity contribution in [3.05, 3.63) is 64.6 Å². The Morgan fingerprint density at radius 3 is 2.88 bits per heavy atom. The molecule has 0 spiro atoms. The number of benzene rings is 1. The molecule has 0 aliphatic heterocycles. The summed E-state index contributed by atoms with van der Waals surface area (Å²) in [6.07, 6.45) is 5.60. The molecule has 1 aliphatic carbocycles. The molecular weight excluding hydrogens is 320 g/mol. The molecule has 0 radical (unpaired) electrons. The molecule has 1 aliphatic rings. The Hall–Kier alpha value is -2.60. The first-order valence-electron chi connectivity index (χ1n) is 7.90. The number of carbonyl (C=O) groups is 1. The van der Waals surface area contributed by atoms with Gasteiger partial charge in [0.25, 0.3) is 0 Å². The van der Waals surface area contributed by atoms with E-state index >= 15 is 0 Å². The second kappa shape index (κ2) is 6.13. The Morgan fingerprint density at radius 2 is 2.12 bits per heavy atom. The van der Waals surface area contributed by atoms with Crippen molar-refractivity contribution in [2.24, 2.45) is 0 Å². The lowest BCUT2D eigenvalue weighted by atomic mass is 10.0. The second-order valence-electron chi connectivity index (χ2n) is 6.16. The molecule has 4 rings (SSSR count). The molecule has 1 aromatic carbocycles. The molecule has 3 N–H and O–H groups in total. The number of nitrogens with one attached hydrogen (secondary N) is 3. The monoisotopic (exact) mass is 338 g/mol. The largest absolute Gasteiger partial charge is 0.348 e. The third kappa shape index (κ3) is 3.05. The Labute approximate surface area is 144 Å². The number of imidazole rings is 1. The first kappa shape index (κ1) is 15.0. The number of rotatable bonds is 3. The summed E-state index contributed by atoms with van der Waals surface area (Å²) in [5.74, 6) is 0.445. The lowest BCUT2D eigenvalue weighted by molar-refractivity contribution is 0.262. The topological polar surface area (TPSA) is 69.8 Å². The Morgan fingerprint density at radius 1 is 1.25 bits per heavy atom. The predicted octanol–water partition coefficient (Wildman–Crippen LogP) is 4.31. The minimum absolute atomic E-state index is 0.208. The zero-order valence-electron chi connectivity index (χ0n) is 13.3. The number of H-pyrrole nitrogens is 1. The Kier molecular flexibility index (Phi) is 3.82. The van der Waals surface area contributed by atoms with Gasteiger partial charge in [-0.05, 0) is 60.0 Å². The molecule has 6 heteroatoms. The number of aryl methyl sites for hydroxylation is 1. The number of nitrogens with zero attached hydrogens (tertiary/aromatic N) is 1. The third-order valence-electron chi connectivity index (χ3n) is 4.32. The van der Waals surface area contributed by atoms with Gasteiger partial charge >= 0.3 is 6.03 Å². The number of amides is 2. The molecule has 1 unspecified atom stereocenters. The molecule has 2 amide bonds. The van der Waals surface area contributed by atoms with Gasteiger partial charge in [0.1, 0.15) is 0 Å². The van der Waals surface area contributed by atoms with Crippen molar-refractivity contribution in [1.29, 1.82) is 0 Å². The van der Waals surface area contributed by atoms with E-state index in [9.17, 15) is 4.79 Å². The summed E-state index contributed by atoms with van der Waals surface area (Å²) in [5.41, 5.74) is 5.78. The van der Waals surface area contributed by atoms with Crippen LogP contribution in [0, 0.1) is 6.92 Å². The summed E-state index contributed by atoms with van der Waals surface area (Å²) in [6.45, 7) is 2.01. The maximum atomic E-state index is 12.1. The minimum atomic E-state index is -0.208. The van der Waals surface area contributed by atoms with Gasteiger partial charge in [0.2, 0.25) is 0 Å². The molecule has 3 aromatic rings. The molecule has 1 atom stereocenters. The molecular formula is C18H18N4OS. The van der Waals surface area contributed by atoms with E-state index in [1.54, 1.807) is 6.33 Å². The van der Waals surface area contributed by atoms with Crippen LogP contribution < -0.4 is 10.6 Å². The number of fused-ring (bicyclic) bond motifs is 1. The van der Waals surface area contributed by atoms with Gasteiger partial charge in [-0.2, -0.15) is 0 Å². The van der Waals surface area contributed by atoms with E-state index in [0.717, 1.165) is 29.1 Å². The van der Waals surface area contributed by atoms with Crippen molar-refractivity contribution in [3.8, 4) is 0 Å². The predicted molar refractivity (Wildman–Crippen MR) is 96.9 cm³/mol. The molecule has 0 saturated carbocycles. The van der Waals surface area contributed by atoms with E-state index in [1.807, 2.05) is 30.6 Å². The number of urea groups is 1. The van der Waals surface area contributed by atoms with Gasteiger partial charge in [0.05, 0.1) is 11.3 Å². The molecule has 2 heterocycles. The van der Waals surface area contributed by atoms with E-state index < -0.39 is 0 Å². The van der Waals surface area contributed by atoms with Crippen molar-refractivity contribution >= 4 is 28.1 Å². The van der Waals surface area contributed by atoms with Crippen molar-refractivity contribution < 1.29 is 4.79 Å². The highest BCUT2D eigenvalue weighted by Crippen LogP contribution is 2.34. The number of hydrogen-bond donors (Lipinski definition) is 3. The van der Waals surface area contributed by atoms with Gasteiger partial charge in [0, 0.05) is 23.5 Å². The molecule has 2 aromatic heterocycles. The Balaban J connectivity index is 1.43. The Bertz CT molecular complexity index is 869. The minimum Gasteiger partial charge on any atom is -0.348 e. The summed E-state index contributed by atoms with van der Waals surface area (Å²) in [6, 6.07) is 7.90. The number of carbonyl (C=O) groups excluding carboxylic acids is 1. The number of aromatic amines is 1. The third-order valence-corrected chi connectivity index (χ3v) is 5.29. The van der Waals surface area contributed by atoms with Crippen LogP contribution in [0.4, 0.5) is 15.5 Å². The van der Waals surface area contributed by atoms with Crippen LogP contribution in [0.15, 0.2) is 42.2 Å². The fraction of sp³-hybridized carbons (Fsp3) is 0.222. The van der Waals surface area contributed by atoms with Crippen molar-refractivity contribution in [1.82, 2.24) is 9.97 Å². The highest BCUT2D eigenvalue weighted by molar-refractivity contribution is 7.14. The van der Waals surface area contributed by atoms with Gasteiger partial charge in [-0.15, -0.1) is 11.3 Å². The zero-order chi connectivity index (χ0) is 16.5. The molecule has 24 heavy (non-hydrogen) atoms. The average Bonchev–Trinajstić information content (AvgIpc) is 3.26. The summed E-state index contributed by atoms with van der Waals surface area (Å²) < 4.78 is 0. The summed E-state index contributed by atoms with van der Waals surface area (Å²) in [4.78, 5) is 19.4. The highest BCUT2D eigenvalue weighted by atomic mass is 32.1. The zero-order valence-corrected chi connectivity index (χ0v) is 14.1. The SMILES string of the molecule is Cc1csc(NC(=O)Nc2ccc3c(c2)CC(c2cnc[nH]2)C3)c1. The van der Waals surface area contributed by atoms with Crippen LogP contribution in [0.2, 0.25) is 0 Å². The first-order chi connectivity index (χ1) is 11.7. The van der Waals surface area contributed by atoms with Crippen LogP contribution >= 0.6 is 11.3 Å². The van der Waals surface area contributed by atoms with E-state index in [-0.39, 0.29) is 6.03 Å². The van der Waals surface area contributed by atoms with Gasteiger partial charge < -0.3 is 10.3 Å². The first-order valence-corrected chi connectivity index (χ1v) is 8.78. The van der Waals surface area contributed by atoms with Crippen molar-refractivity contribution in [2.75, 3.05) is 10.6 Å². The van der Waals surface area contributed by atoms with E-state index in [2.05, 4.69) is 32.7 Å². The summed E-state index contributed by atoms with van der Waals surface area (Å²) >= 11 is 1.53. The van der Waals surface area contributed by atoms with E-state index in [0.29, 0.717) is 5.92 Å². The summed E-state index contributed by atoms with van der Waals surface area (Å²) in [5, 5.41) is 8.65. The molecule has 0 fully saturated rings. The number of thiophene rings is 1. The van der Waals surface area contributed by atoms with Crippen molar-refractivity contribution in [3.63, 3.8) is 0 Å². The normalized spacial score (nSPS) is 16.0.